The Morgan fingerprint density at radius 3 is 2.53 bits per heavy atom. The minimum Gasteiger partial charge on any atom is -0.478 e. The van der Waals surface area contributed by atoms with Gasteiger partial charge in [-0.3, -0.25) is 0 Å². The molecule has 17 heavy (non-hydrogen) atoms. The summed E-state index contributed by atoms with van der Waals surface area (Å²) in [7, 11) is -1.58. The van der Waals surface area contributed by atoms with Crippen molar-refractivity contribution in [2.45, 2.75) is 26.2 Å². The lowest BCUT2D eigenvalue weighted by Gasteiger charge is -2.18. The van der Waals surface area contributed by atoms with E-state index in [4.69, 9.17) is 21.1 Å². The fourth-order valence-corrected chi connectivity index (χ4v) is 2.64. The topological polar surface area (TPSA) is 46.5 Å². The van der Waals surface area contributed by atoms with Crippen LogP contribution in [0.25, 0.3) is 0 Å². The molecule has 6 heteroatoms. The second kappa shape index (κ2) is 5.68. The molecule has 0 atom stereocenters. The van der Waals surface area contributed by atoms with Crippen LogP contribution in [0, 0.1) is 3.57 Å². The molecule has 0 heterocycles. The van der Waals surface area contributed by atoms with E-state index in [9.17, 15) is 4.79 Å². The Bertz CT molecular complexity index is 443. The van der Waals surface area contributed by atoms with Crippen LogP contribution in [-0.2, 0) is 11.0 Å². The molecule has 1 N–H and O–H groups in total. The third kappa shape index (κ3) is 4.57. The smallest absolute Gasteiger partial charge is 0.337 e. The SMILES string of the molecule is C[Si](C)(C)OCc1cc(Cl)c(C(=O)O)cc1I. The van der Waals surface area contributed by atoms with Crippen LogP contribution < -0.4 is 0 Å². The first kappa shape index (κ1) is 14.9. The number of carbonyl (C=O) groups is 1. The number of hydrogen-bond donors (Lipinski definition) is 1. The number of carboxylic acid groups (broad SMARTS) is 1. The van der Waals surface area contributed by atoms with Crippen LogP contribution >= 0.6 is 34.2 Å². The van der Waals surface area contributed by atoms with Crippen LogP contribution in [0.3, 0.4) is 0 Å². The van der Waals surface area contributed by atoms with Crippen molar-refractivity contribution in [3.8, 4) is 0 Å². The first-order valence-electron chi connectivity index (χ1n) is 5.06. The van der Waals surface area contributed by atoms with Gasteiger partial charge in [-0.2, -0.15) is 0 Å². The van der Waals surface area contributed by atoms with Crippen molar-refractivity contribution in [1.29, 1.82) is 0 Å². The third-order valence-corrected chi connectivity index (χ3v) is 4.35. The Morgan fingerprint density at radius 1 is 1.47 bits per heavy atom. The van der Waals surface area contributed by atoms with E-state index < -0.39 is 14.3 Å². The van der Waals surface area contributed by atoms with Gasteiger partial charge in [0.1, 0.15) is 0 Å². The first-order chi connectivity index (χ1) is 7.70. The van der Waals surface area contributed by atoms with Crippen LogP contribution in [-0.4, -0.2) is 19.4 Å². The summed E-state index contributed by atoms with van der Waals surface area (Å²) in [5, 5.41) is 9.18. The molecule has 0 saturated heterocycles. The van der Waals surface area contributed by atoms with Gasteiger partial charge >= 0.3 is 5.97 Å². The van der Waals surface area contributed by atoms with Crippen molar-refractivity contribution in [3.63, 3.8) is 0 Å². The minimum absolute atomic E-state index is 0.132. The van der Waals surface area contributed by atoms with E-state index in [1.54, 1.807) is 12.1 Å². The highest BCUT2D eigenvalue weighted by Crippen LogP contribution is 2.24. The zero-order chi connectivity index (χ0) is 13.2. The van der Waals surface area contributed by atoms with Crippen molar-refractivity contribution in [2.24, 2.45) is 0 Å². The predicted molar refractivity (Wildman–Crippen MR) is 79.3 cm³/mol. The second-order valence-corrected chi connectivity index (χ2v) is 10.7. The van der Waals surface area contributed by atoms with Crippen molar-refractivity contribution in [1.82, 2.24) is 0 Å². The van der Waals surface area contributed by atoms with E-state index in [-0.39, 0.29) is 10.6 Å². The van der Waals surface area contributed by atoms with Crippen LogP contribution in [0.2, 0.25) is 24.7 Å². The summed E-state index contributed by atoms with van der Waals surface area (Å²) in [6, 6.07) is 3.25. The van der Waals surface area contributed by atoms with E-state index in [0.29, 0.717) is 6.61 Å². The van der Waals surface area contributed by atoms with Crippen LogP contribution in [0.15, 0.2) is 12.1 Å². The molecule has 0 unspecified atom stereocenters. The summed E-state index contributed by atoms with van der Waals surface area (Å²) in [5.41, 5.74) is 1.07. The Morgan fingerprint density at radius 2 is 2.06 bits per heavy atom. The molecule has 0 bridgehead atoms. The molecule has 1 aromatic rings. The summed E-state index contributed by atoms with van der Waals surface area (Å²) in [6.45, 7) is 6.79. The predicted octanol–water partition coefficient (Wildman–Crippen LogP) is 3.99. The van der Waals surface area contributed by atoms with E-state index in [1.165, 1.54) is 0 Å². The summed E-state index contributed by atoms with van der Waals surface area (Å²) in [4.78, 5) is 10.9. The van der Waals surface area contributed by atoms with E-state index >= 15 is 0 Å². The Labute approximate surface area is 120 Å². The lowest BCUT2D eigenvalue weighted by atomic mass is 10.1. The number of benzene rings is 1. The fourth-order valence-electron chi connectivity index (χ4n) is 1.16. The van der Waals surface area contributed by atoms with Crippen molar-refractivity contribution in [3.05, 3.63) is 31.9 Å². The number of aromatic carboxylic acids is 1. The molecule has 0 saturated carbocycles. The van der Waals surface area contributed by atoms with Gasteiger partial charge in [-0.15, -0.1) is 0 Å². The fraction of sp³-hybridized carbons (Fsp3) is 0.364. The molecule has 1 rings (SSSR count). The van der Waals surface area contributed by atoms with Gasteiger partial charge in [-0.1, -0.05) is 11.6 Å². The number of hydrogen-bond acceptors (Lipinski definition) is 2. The Kier molecular flexibility index (Phi) is 5.00. The molecule has 0 aliphatic rings. The van der Waals surface area contributed by atoms with Crippen LogP contribution in [0.1, 0.15) is 15.9 Å². The summed E-state index contributed by atoms with van der Waals surface area (Å²) in [6.07, 6.45) is 0. The second-order valence-electron chi connectivity index (χ2n) is 4.63. The highest BCUT2D eigenvalue weighted by molar-refractivity contribution is 14.1. The first-order valence-corrected chi connectivity index (χ1v) is 9.92. The normalized spacial score (nSPS) is 11.6. The molecule has 1 aromatic carbocycles. The maximum absolute atomic E-state index is 10.9. The lowest BCUT2D eigenvalue weighted by molar-refractivity contribution is 0.0697. The van der Waals surface area contributed by atoms with Gasteiger partial charge in [-0.05, 0) is 59.9 Å². The van der Waals surface area contributed by atoms with Gasteiger partial charge < -0.3 is 9.53 Å². The zero-order valence-electron chi connectivity index (χ0n) is 9.88. The largest absolute Gasteiger partial charge is 0.478 e. The highest BCUT2D eigenvalue weighted by atomic mass is 127. The van der Waals surface area contributed by atoms with Crippen molar-refractivity contribution >= 4 is 48.5 Å². The summed E-state index contributed by atoms with van der Waals surface area (Å²) < 4.78 is 6.64. The average Bonchev–Trinajstić information content (AvgIpc) is 2.17. The van der Waals surface area contributed by atoms with Gasteiger partial charge in [0.25, 0.3) is 0 Å². The number of halogens is 2. The molecule has 0 fully saturated rings. The average molecular weight is 385 g/mol. The maximum Gasteiger partial charge on any atom is 0.337 e. The van der Waals surface area contributed by atoms with E-state index in [0.717, 1.165) is 9.13 Å². The number of carboxylic acids is 1. The van der Waals surface area contributed by atoms with Crippen LogP contribution in [0.4, 0.5) is 0 Å². The standard InChI is InChI=1S/C11H14ClIO3Si/c1-17(2,3)16-6-7-4-9(12)8(11(14)15)5-10(7)13/h4-5H,6H2,1-3H3,(H,14,15). The molecule has 0 aliphatic heterocycles. The molecule has 94 valence electrons. The molecular weight excluding hydrogens is 371 g/mol. The van der Waals surface area contributed by atoms with E-state index in [1.807, 2.05) is 0 Å². The Hall–Kier alpha value is -0.113. The van der Waals surface area contributed by atoms with Crippen LogP contribution in [0.5, 0.6) is 0 Å². The molecular formula is C11H14ClIO3Si. The van der Waals surface area contributed by atoms with Gasteiger partial charge in [0.2, 0.25) is 0 Å². The molecule has 0 radical (unpaired) electrons. The van der Waals surface area contributed by atoms with E-state index in [2.05, 4.69) is 42.2 Å². The third-order valence-electron chi connectivity index (χ3n) is 2.03. The minimum atomic E-state index is -1.58. The molecule has 0 aromatic heterocycles. The zero-order valence-corrected chi connectivity index (χ0v) is 13.8. The summed E-state index contributed by atoms with van der Waals surface area (Å²) in [5.74, 6) is -1.01. The van der Waals surface area contributed by atoms with Crippen molar-refractivity contribution < 1.29 is 14.3 Å². The van der Waals surface area contributed by atoms with Gasteiger partial charge in [0.05, 0.1) is 17.2 Å². The van der Waals surface area contributed by atoms with Gasteiger partial charge in [0, 0.05) is 3.57 Å². The van der Waals surface area contributed by atoms with Crippen molar-refractivity contribution in [2.75, 3.05) is 0 Å². The summed E-state index contributed by atoms with van der Waals surface area (Å²) >= 11 is 8.02. The quantitative estimate of drug-likeness (QED) is 0.630. The monoisotopic (exact) mass is 384 g/mol. The molecule has 0 aliphatic carbocycles. The molecule has 3 nitrogen and oxygen atoms in total. The Balaban J connectivity index is 2.96. The maximum atomic E-state index is 10.9. The van der Waals surface area contributed by atoms with Gasteiger partial charge in [0.15, 0.2) is 8.32 Å². The highest BCUT2D eigenvalue weighted by Gasteiger charge is 2.17. The number of rotatable bonds is 4. The van der Waals surface area contributed by atoms with Gasteiger partial charge in [-0.25, -0.2) is 4.79 Å². The molecule has 0 spiro atoms. The lowest BCUT2D eigenvalue weighted by Crippen LogP contribution is -2.25. The molecule has 0 amide bonds.